The van der Waals surface area contributed by atoms with Gasteiger partial charge in [0.05, 0.1) is 19.8 Å². The summed E-state index contributed by atoms with van der Waals surface area (Å²) in [6.45, 7) is 4.35. The molecule has 0 aliphatic carbocycles. The molecule has 0 aromatic heterocycles. The highest BCUT2D eigenvalue weighted by Gasteiger charge is 2.49. The van der Waals surface area contributed by atoms with E-state index in [1.165, 1.54) is 0 Å². The van der Waals surface area contributed by atoms with E-state index in [2.05, 4.69) is 0 Å². The van der Waals surface area contributed by atoms with Crippen molar-refractivity contribution in [3.8, 4) is 0 Å². The summed E-state index contributed by atoms with van der Waals surface area (Å²) in [5.74, 6) is 0. The Hall–Kier alpha value is -0.120. The first-order chi connectivity index (χ1) is 4.52. The molecular formula is C7H14O3. The van der Waals surface area contributed by atoms with Gasteiger partial charge in [0.1, 0.15) is 5.60 Å². The Balaban J connectivity index is 2.61. The van der Waals surface area contributed by atoms with E-state index < -0.39 is 11.0 Å². The number of ether oxygens (including phenoxy) is 1. The van der Waals surface area contributed by atoms with Crippen molar-refractivity contribution in [3.63, 3.8) is 0 Å². The molecule has 3 nitrogen and oxygen atoms in total. The average Bonchev–Trinajstić information content (AvgIpc) is 1.82. The van der Waals surface area contributed by atoms with Crippen molar-refractivity contribution in [3.05, 3.63) is 0 Å². The van der Waals surface area contributed by atoms with Crippen molar-refractivity contribution < 1.29 is 14.9 Å². The van der Waals surface area contributed by atoms with Gasteiger partial charge in [-0.15, -0.1) is 0 Å². The van der Waals surface area contributed by atoms with E-state index in [1.807, 2.05) is 13.8 Å². The van der Waals surface area contributed by atoms with Crippen molar-refractivity contribution in [1.29, 1.82) is 0 Å². The van der Waals surface area contributed by atoms with Gasteiger partial charge in [-0.1, -0.05) is 13.8 Å². The third kappa shape index (κ3) is 0.944. The van der Waals surface area contributed by atoms with Crippen LogP contribution in [0.5, 0.6) is 0 Å². The van der Waals surface area contributed by atoms with Gasteiger partial charge in [-0.25, -0.2) is 0 Å². The molecule has 3 heteroatoms. The lowest BCUT2D eigenvalue weighted by Crippen LogP contribution is -2.60. The van der Waals surface area contributed by atoms with Crippen LogP contribution in [0.4, 0.5) is 0 Å². The SMILES string of the molecule is CC(C)(CO)C1(O)COC1. The van der Waals surface area contributed by atoms with E-state index in [-0.39, 0.29) is 6.61 Å². The van der Waals surface area contributed by atoms with Crippen LogP contribution in [-0.4, -0.2) is 35.6 Å². The standard InChI is InChI=1S/C7H14O3/c1-6(2,3-8)7(9)4-10-5-7/h8-9H,3-5H2,1-2H3. The van der Waals surface area contributed by atoms with Crippen molar-refractivity contribution in [2.75, 3.05) is 19.8 Å². The Morgan fingerprint density at radius 1 is 1.50 bits per heavy atom. The summed E-state index contributed by atoms with van der Waals surface area (Å²) >= 11 is 0. The van der Waals surface area contributed by atoms with E-state index in [0.29, 0.717) is 13.2 Å². The summed E-state index contributed by atoms with van der Waals surface area (Å²) < 4.78 is 4.86. The molecule has 1 fully saturated rings. The molecule has 0 atom stereocenters. The van der Waals surface area contributed by atoms with Crippen LogP contribution in [0.2, 0.25) is 0 Å². The minimum Gasteiger partial charge on any atom is -0.396 e. The summed E-state index contributed by atoms with van der Waals surface area (Å²) in [5, 5.41) is 18.5. The Morgan fingerprint density at radius 3 is 2.10 bits per heavy atom. The Morgan fingerprint density at radius 2 is 2.00 bits per heavy atom. The van der Waals surface area contributed by atoms with Crippen molar-refractivity contribution in [2.45, 2.75) is 19.4 Å². The minimum atomic E-state index is -0.804. The van der Waals surface area contributed by atoms with Gasteiger partial charge in [-0.05, 0) is 0 Å². The molecule has 1 heterocycles. The van der Waals surface area contributed by atoms with Crippen molar-refractivity contribution in [1.82, 2.24) is 0 Å². The van der Waals surface area contributed by atoms with E-state index >= 15 is 0 Å². The second-order valence-electron chi connectivity index (χ2n) is 3.57. The Labute approximate surface area is 60.6 Å². The molecule has 0 aromatic rings. The summed E-state index contributed by atoms with van der Waals surface area (Å²) in [7, 11) is 0. The number of aliphatic hydroxyl groups is 2. The van der Waals surface area contributed by atoms with E-state index in [0.717, 1.165) is 0 Å². The molecule has 0 unspecified atom stereocenters. The van der Waals surface area contributed by atoms with Gasteiger partial charge in [0.25, 0.3) is 0 Å². The third-order valence-corrected chi connectivity index (χ3v) is 2.34. The monoisotopic (exact) mass is 146 g/mol. The van der Waals surface area contributed by atoms with Crippen LogP contribution in [0.3, 0.4) is 0 Å². The first-order valence-electron chi connectivity index (χ1n) is 3.43. The molecule has 0 aromatic carbocycles. The van der Waals surface area contributed by atoms with Crippen LogP contribution in [0.25, 0.3) is 0 Å². The lowest BCUT2D eigenvalue weighted by Gasteiger charge is -2.47. The predicted octanol–water partition coefficient (Wildman–Crippen LogP) is -0.234. The summed E-state index contributed by atoms with van der Waals surface area (Å²) in [6.07, 6.45) is 0. The average molecular weight is 146 g/mol. The van der Waals surface area contributed by atoms with Crippen molar-refractivity contribution >= 4 is 0 Å². The van der Waals surface area contributed by atoms with Crippen LogP contribution >= 0.6 is 0 Å². The van der Waals surface area contributed by atoms with Gasteiger partial charge in [0.15, 0.2) is 0 Å². The van der Waals surface area contributed by atoms with Gasteiger partial charge < -0.3 is 14.9 Å². The molecule has 1 saturated heterocycles. The fraction of sp³-hybridized carbons (Fsp3) is 1.00. The second kappa shape index (κ2) is 2.19. The van der Waals surface area contributed by atoms with Gasteiger partial charge in [0.2, 0.25) is 0 Å². The zero-order valence-corrected chi connectivity index (χ0v) is 6.42. The maximum absolute atomic E-state index is 9.65. The lowest BCUT2D eigenvalue weighted by molar-refractivity contribution is -0.240. The molecule has 60 valence electrons. The maximum atomic E-state index is 9.65. The second-order valence-corrected chi connectivity index (χ2v) is 3.57. The first-order valence-corrected chi connectivity index (χ1v) is 3.43. The highest BCUT2D eigenvalue weighted by molar-refractivity contribution is 4.97. The lowest BCUT2D eigenvalue weighted by atomic mass is 9.74. The Bertz CT molecular complexity index is 117. The smallest absolute Gasteiger partial charge is 0.118 e. The van der Waals surface area contributed by atoms with E-state index in [9.17, 15) is 5.11 Å². The molecule has 2 N–H and O–H groups in total. The maximum Gasteiger partial charge on any atom is 0.118 e. The van der Waals surface area contributed by atoms with Crippen LogP contribution < -0.4 is 0 Å². The molecule has 1 aliphatic rings. The molecular weight excluding hydrogens is 132 g/mol. The fourth-order valence-electron chi connectivity index (χ4n) is 0.833. The van der Waals surface area contributed by atoms with E-state index in [4.69, 9.17) is 9.84 Å². The minimum absolute atomic E-state index is 0.00708. The number of rotatable bonds is 2. The van der Waals surface area contributed by atoms with Crippen molar-refractivity contribution in [2.24, 2.45) is 5.41 Å². The summed E-state index contributed by atoms with van der Waals surface area (Å²) in [4.78, 5) is 0. The van der Waals surface area contributed by atoms with Gasteiger partial charge in [-0.2, -0.15) is 0 Å². The number of hydrogen-bond acceptors (Lipinski definition) is 3. The van der Waals surface area contributed by atoms with Crippen LogP contribution in [0, 0.1) is 5.41 Å². The zero-order valence-electron chi connectivity index (χ0n) is 6.42. The zero-order chi connectivity index (χ0) is 7.83. The Kier molecular flexibility index (Phi) is 1.75. The first kappa shape index (κ1) is 7.98. The van der Waals surface area contributed by atoms with Gasteiger partial charge in [-0.3, -0.25) is 0 Å². The van der Waals surface area contributed by atoms with Gasteiger partial charge in [0, 0.05) is 5.41 Å². The summed E-state index contributed by atoms with van der Waals surface area (Å²) in [5.41, 5.74) is -1.24. The molecule has 0 saturated carbocycles. The summed E-state index contributed by atoms with van der Waals surface area (Å²) in [6, 6.07) is 0. The predicted molar refractivity (Wildman–Crippen MR) is 36.6 cm³/mol. The number of aliphatic hydroxyl groups excluding tert-OH is 1. The molecule has 0 amide bonds. The topological polar surface area (TPSA) is 49.7 Å². The third-order valence-electron chi connectivity index (χ3n) is 2.34. The normalized spacial score (nSPS) is 24.0. The molecule has 10 heavy (non-hydrogen) atoms. The van der Waals surface area contributed by atoms with Crippen LogP contribution in [0.1, 0.15) is 13.8 Å². The molecule has 0 bridgehead atoms. The highest BCUT2D eigenvalue weighted by Crippen LogP contribution is 2.35. The quantitative estimate of drug-likeness (QED) is 0.565. The van der Waals surface area contributed by atoms with Gasteiger partial charge >= 0.3 is 0 Å². The highest BCUT2D eigenvalue weighted by atomic mass is 16.5. The number of hydrogen-bond donors (Lipinski definition) is 2. The molecule has 1 aliphatic heterocycles. The molecule has 1 rings (SSSR count). The largest absolute Gasteiger partial charge is 0.396 e. The van der Waals surface area contributed by atoms with E-state index in [1.54, 1.807) is 0 Å². The fourth-order valence-corrected chi connectivity index (χ4v) is 0.833. The van der Waals surface area contributed by atoms with Crippen LogP contribution in [-0.2, 0) is 4.74 Å². The molecule has 0 spiro atoms. The van der Waals surface area contributed by atoms with Crippen LogP contribution in [0.15, 0.2) is 0 Å². The molecule has 0 radical (unpaired) electrons.